The molecule has 0 fully saturated rings. The SMILES string of the molecule is CCc1cc(=O)[nH]c2cc(NC(=O)CC3CSc4nc5c(c(=O)n43)CCC5)ccc12. The topological polar surface area (TPSA) is 96.8 Å². The zero-order valence-corrected chi connectivity index (χ0v) is 17.5. The fourth-order valence-corrected chi connectivity index (χ4v) is 5.59. The number of nitrogens with one attached hydrogen (secondary N) is 2. The van der Waals surface area contributed by atoms with Crippen LogP contribution in [0.15, 0.2) is 39.0 Å². The average molecular weight is 423 g/mol. The summed E-state index contributed by atoms with van der Waals surface area (Å²) in [4.78, 5) is 45.0. The molecule has 0 radical (unpaired) electrons. The van der Waals surface area contributed by atoms with Gasteiger partial charge in [-0.3, -0.25) is 19.0 Å². The zero-order chi connectivity index (χ0) is 20.8. The molecular formula is C22H22N4O3S. The van der Waals surface area contributed by atoms with Crippen LogP contribution in [-0.4, -0.2) is 26.2 Å². The highest BCUT2D eigenvalue weighted by atomic mass is 32.2. The van der Waals surface area contributed by atoms with Gasteiger partial charge in [-0.05, 0) is 43.4 Å². The van der Waals surface area contributed by atoms with Crippen molar-refractivity contribution in [2.75, 3.05) is 11.1 Å². The van der Waals surface area contributed by atoms with E-state index >= 15 is 0 Å². The largest absolute Gasteiger partial charge is 0.326 e. The second-order valence-electron chi connectivity index (χ2n) is 7.84. The van der Waals surface area contributed by atoms with Crippen LogP contribution in [-0.2, 0) is 24.1 Å². The molecule has 1 aromatic carbocycles. The standard InChI is InChI=1S/C22H22N4O3S/c1-2-12-8-19(27)24-18-9-13(6-7-15(12)18)23-20(28)10-14-11-30-22-25-17-5-3-4-16(17)21(29)26(14)22/h6-9,14H,2-5,10-11H2,1H3,(H,23,28)(H,24,27). The van der Waals surface area contributed by atoms with Gasteiger partial charge in [-0.2, -0.15) is 0 Å². The summed E-state index contributed by atoms with van der Waals surface area (Å²) in [6, 6.07) is 6.96. The third kappa shape index (κ3) is 3.25. The van der Waals surface area contributed by atoms with Gasteiger partial charge in [-0.1, -0.05) is 24.8 Å². The molecule has 1 unspecified atom stereocenters. The monoisotopic (exact) mass is 422 g/mol. The molecule has 30 heavy (non-hydrogen) atoms. The predicted octanol–water partition coefficient (Wildman–Crippen LogP) is 2.81. The molecule has 0 saturated heterocycles. The van der Waals surface area contributed by atoms with Crippen molar-refractivity contribution < 1.29 is 4.79 Å². The molecule has 8 heteroatoms. The average Bonchev–Trinajstić information content (AvgIpc) is 3.34. The molecule has 2 aliphatic rings. The number of aryl methyl sites for hydroxylation is 2. The van der Waals surface area contributed by atoms with Crippen molar-refractivity contribution >= 4 is 34.3 Å². The van der Waals surface area contributed by atoms with Crippen LogP contribution in [0.25, 0.3) is 10.9 Å². The van der Waals surface area contributed by atoms with Crippen molar-refractivity contribution in [1.29, 1.82) is 0 Å². The van der Waals surface area contributed by atoms with Gasteiger partial charge < -0.3 is 10.3 Å². The Morgan fingerprint density at radius 2 is 2.17 bits per heavy atom. The fourth-order valence-electron chi connectivity index (χ4n) is 4.43. The van der Waals surface area contributed by atoms with Crippen molar-refractivity contribution in [3.05, 3.63) is 61.8 Å². The number of H-pyrrole nitrogens is 1. The van der Waals surface area contributed by atoms with Gasteiger partial charge in [0.15, 0.2) is 5.16 Å². The summed E-state index contributed by atoms with van der Waals surface area (Å²) in [7, 11) is 0. The molecule has 3 aromatic rings. The molecule has 0 saturated carbocycles. The van der Waals surface area contributed by atoms with E-state index in [-0.39, 0.29) is 29.5 Å². The number of amides is 1. The lowest BCUT2D eigenvalue weighted by atomic mass is 10.1. The van der Waals surface area contributed by atoms with Gasteiger partial charge >= 0.3 is 0 Å². The maximum atomic E-state index is 12.9. The third-order valence-corrected chi connectivity index (χ3v) is 6.98. The molecule has 1 amide bonds. The van der Waals surface area contributed by atoms with E-state index in [0.717, 1.165) is 53.0 Å². The molecule has 7 nitrogen and oxygen atoms in total. The number of aromatic nitrogens is 3. The van der Waals surface area contributed by atoms with E-state index in [1.165, 1.54) is 0 Å². The highest BCUT2D eigenvalue weighted by molar-refractivity contribution is 7.99. The lowest BCUT2D eigenvalue weighted by molar-refractivity contribution is -0.116. The van der Waals surface area contributed by atoms with Crippen molar-refractivity contribution in [2.45, 2.75) is 50.2 Å². The molecule has 154 valence electrons. The molecule has 2 N–H and O–H groups in total. The van der Waals surface area contributed by atoms with Crippen LogP contribution in [0.3, 0.4) is 0 Å². The number of hydrogen-bond acceptors (Lipinski definition) is 5. The van der Waals surface area contributed by atoms with E-state index in [2.05, 4.69) is 15.3 Å². The molecule has 3 heterocycles. The molecule has 5 rings (SSSR count). The number of carbonyl (C=O) groups excluding carboxylic acids is 1. The molecule has 0 spiro atoms. The summed E-state index contributed by atoms with van der Waals surface area (Å²) in [5.74, 6) is 0.512. The molecule has 2 aromatic heterocycles. The smallest absolute Gasteiger partial charge is 0.257 e. The molecule has 1 aliphatic heterocycles. The van der Waals surface area contributed by atoms with E-state index < -0.39 is 0 Å². The molecule has 0 bridgehead atoms. The van der Waals surface area contributed by atoms with E-state index in [9.17, 15) is 14.4 Å². The Labute approximate surface area is 176 Å². The van der Waals surface area contributed by atoms with Gasteiger partial charge in [0.2, 0.25) is 11.5 Å². The van der Waals surface area contributed by atoms with Crippen LogP contribution < -0.4 is 16.4 Å². The summed E-state index contributed by atoms with van der Waals surface area (Å²) in [5, 5.41) is 4.62. The second kappa shape index (κ2) is 7.43. The van der Waals surface area contributed by atoms with Gasteiger partial charge in [0.25, 0.3) is 5.56 Å². The van der Waals surface area contributed by atoms with Crippen LogP contribution in [0.1, 0.15) is 42.6 Å². The van der Waals surface area contributed by atoms with Crippen molar-refractivity contribution in [1.82, 2.24) is 14.5 Å². The lowest BCUT2D eigenvalue weighted by Gasteiger charge is -2.15. The second-order valence-corrected chi connectivity index (χ2v) is 8.83. The number of fused-ring (bicyclic) bond motifs is 3. The Kier molecular flexibility index (Phi) is 4.73. The van der Waals surface area contributed by atoms with Gasteiger partial charge in [0.1, 0.15) is 0 Å². The Balaban J connectivity index is 1.37. The first kappa shape index (κ1) is 19.1. The number of benzene rings is 1. The van der Waals surface area contributed by atoms with Gasteiger partial charge in [0, 0.05) is 34.9 Å². The number of carbonyl (C=O) groups is 1. The maximum absolute atomic E-state index is 12.9. The lowest BCUT2D eigenvalue weighted by Crippen LogP contribution is -2.30. The maximum Gasteiger partial charge on any atom is 0.257 e. The molecule has 1 atom stereocenters. The van der Waals surface area contributed by atoms with E-state index in [1.54, 1.807) is 28.5 Å². The number of hydrogen-bond donors (Lipinski definition) is 2. The fraction of sp³-hybridized carbons (Fsp3) is 0.364. The van der Waals surface area contributed by atoms with Crippen LogP contribution in [0.2, 0.25) is 0 Å². The van der Waals surface area contributed by atoms with E-state index in [0.29, 0.717) is 17.0 Å². The summed E-state index contributed by atoms with van der Waals surface area (Å²) in [6.45, 7) is 2.01. The number of pyridine rings is 1. The highest BCUT2D eigenvalue weighted by Crippen LogP contribution is 2.34. The first-order valence-corrected chi connectivity index (χ1v) is 11.2. The highest BCUT2D eigenvalue weighted by Gasteiger charge is 2.31. The van der Waals surface area contributed by atoms with Crippen molar-refractivity contribution in [3.63, 3.8) is 0 Å². The normalized spacial score (nSPS) is 17.2. The summed E-state index contributed by atoms with van der Waals surface area (Å²) in [5.41, 5.74) is 3.92. The van der Waals surface area contributed by atoms with Crippen LogP contribution in [0, 0.1) is 0 Å². The van der Waals surface area contributed by atoms with Gasteiger partial charge in [0.05, 0.1) is 17.3 Å². The predicted molar refractivity (Wildman–Crippen MR) is 117 cm³/mol. The zero-order valence-electron chi connectivity index (χ0n) is 16.7. The minimum absolute atomic E-state index is 0.0191. The Hall–Kier alpha value is -2.87. The summed E-state index contributed by atoms with van der Waals surface area (Å²) in [6.07, 6.45) is 3.59. The molecule has 1 aliphatic carbocycles. The number of thioether (sulfide) groups is 1. The van der Waals surface area contributed by atoms with Crippen LogP contribution >= 0.6 is 11.8 Å². The Bertz CT molecular complexity index is 1290. The van der Waals surface area contributed by atoms with Gasteiger partial charge in [-0.25, -0.2) is 4.98 Å². The van der Waals surface area contributed by atoms with Crippen molar-refractivity contribution in [3.8, 4) is 0 Å². The number of anilines is 1. The Morgan fingerprint density at radius 3 is 3.00 bits per heavy atom. The van der Waals surface area contributed by atoms with Crippen molar-refractivity contribution in [2.24, 2.45) is 0 Å². The number of nitrogens with zero attached hydrogens (tertiary/aromatic N) is 2. The summed E-state index contributed by atoms with van der Waals surface area (Å²) < 4.78 is 1.71. The first-order chi connectivity index (χ1) is 14.5. The number of aromatic amines is 1. The summed E-state index contributed by atoms with van der Waals surface area (Å²) >= 11 is 1.54. The van der Waals surface area contributed by atoms with Gasteiger partial charge in [-0.15, -0.1) is 0 Å². The van der Waals surface area contributed by atoms with E-state index in [1.807, 2.05) is 19.1 Å². The first-order valence-electron chi connectivity index (χ1n) is 10.3. The minimum Gasteiger partial charge on any atom is -0.326 e. The molecular weight excluding hydrogens is 400 g/mol. The Morgan fingerprint density at radius 1 is 1.30 bits per heavy atom. The van der Waals surface area contributed by atoms with E-state index in [4.69, 9.17) is 0 Å². The third-order valence-electron chi connectivity index (χ3n) is 5.89. The quantitative estimate of drug-likeness (QED) is 0.630. The number of rotatable bonds is 4. The minimum atomic E-state index is -0.192. The van der Waals surface area contributed by atoms with Crippen LogP contribution in [0.4, 0.5) is 5.69 Å². The van der Waals surface area contributed by atoms with Crippen LogP contribution in [0.5, 0.6) is 0 Å².